The topological polar surface area (TPSA) is 38.3 Å². The second-order valence-electron chi connectivity index (χ2n) is 3.69. The van der Waals surface area contributed by atoms with Crippen LogP contribution in [-0.2, 0) is 9.53 Å². The normalized spacial score (nSPS) is 28.0. The summed E-state index contributed by atoms with van der Waals surface area (Å²) in [4.78, 5) is 11.1. The first-order chi connectivity index (χ1) is 6.13. The van der Waals surface area contributed by atoms with E-state index in [1.165, 1.54) is 7.11 Å². The summed E-state index contributed by atoms with van der Waals surface area (Å²) in [6, 6.07) is -0.0984. The second kappa shape index (κ2) is 4.86. The molecule has 0 radical (unpaired) electrons. The van der Waals surface area contributed by atoms with Crippen molar-refractivity contribution in [2.75, 3.05) is 12.9 Å². The highest BCUT2D eigenvalue weighted by molar-refractivity contribution is 8.00. The van der Waals surface area contributed by atoms with E-state index in [9.17, 15) is 4.79 Å². The van der Waals surface area contributed by atoms with Crippen molar-refractivity contribution in [1.82, 2.24) is 5.32 Å². The van der Waals surface area contributed by atoms with Gasteiger partial charge >= 0.3 is 5.97 Å². The minimum atomic E-state index is -0.140. The molecule has 1 rings (SSSR count). The Morgan fingerprint density at radius 1 is 1.69 bits per heavy atom. The maximum Gasteiger partial charge on any atom is 0.323 e. The molecule has 0 aromatic heterocycles. The number of carbonyl (C=O) groups is 1. The predicted molar refractivity (Wildman–Crippen MR) is 54.6 cm³/mol. The molecule has 0 saturated carbocycles. The molecule has 13 heavy (non-hydrogen) atoms. The van der Waals surface area contributed by atoms with E-state index >= 15 is 0 Å². The van der Waals surface area contributed by atoms with Crippen LogP contribution in [0.3, 0.4) is 0 Å². The van der Waals surface area contributed by atoms with Crippen molar-refractivity contribution in [2.45, 2.75) is 31.7 Å². The fourth-order valence-electron chi connectivity index (χ4n) is 1.38. The molecular weight excluding hydrogens is 186 g/mol. The fourth-order valence-corrected chi connectivity index (χ4v) is 2.81. The zero-order chi connectivity index (χ0) is 9.84. The summed E-state index contributed by atoms with van der Waals surface area (Å²) < 4.78 is 4.67. The number of nitrogens with one attached hydrogen (secondary N) is 1. The third-order valence-electron chi connectivity index (χ3n) is 2.02. The number of rotatable bonds is 3. The lowest BCUT2D eigenvalue weighted by Crippen LogP contribution is -2.37. The summed E-state index contributed by atoms with van der Waals surface area (Å²) in [6.45, 7) is 4.38. The van der Waals surface area contributed by atoms with E-state index in [1.807, 2.05) is 11.8 Å². The van der Waals surface area contributed by atoms with Gasteiger partial charge in [-0.2, -0.15) is 0 Å². The molecule has 0 amide bonds. The summed E-state index contributed by atoms with van der Waals surface area (Å²) in [5, 5.41) is 3.68. The summed E-state index contributed by atoms with van der Waals surface area (Å²) in [5.41, 5.74) is 0. The molecule has 4 heteroatoms. The largest absolute Gasteiger partial charge is 0.468 e. The highest BCUT2D eigenvalue weighted by Crippen LogP contribution is 2.24. The van der Waals surface area contributed by atoms with Gasteiger partial charge in [0.2, 0.25) is 0 Å². The number of hydrogen-bond donors (Lipinski definition) is 1. The molecule has 2 atom stereocenters. The number of ether oxygens (including phenoxy) is 1. The van der Waals surface area contributed by atoms with E-state index < -0.39 is 0 Å². The van der Waals surface area contributed by atoms with Crippen LogP contribution in [0.4, 0.5) is 0 Å². The molecule has 1 aliphatic heterocycles. The van der Waals surface area contributed by atoms with E-state index in [4.69, 9.17) is 0 Å². The van der Waals surface area contributed by atoms with Crippen LogP contribution in [0.2, 0.25) is 0 Å². The average molecular weight is 203 g/mol. The van der Waals surface area contributed by atoms with Crippen LogP contribution in [-0.4, -0.2) is 30.2 Å². The number of methoxy groups -OCH3 is 1. The fraction of sp³-hybridized carbons (Fsp3) is 0.889. The summed E-state index contributed by atoms with van der Waals surface area (Å²) in [7, 11) is 1.43. The van der Waals surface area contributed by atoms with Crippen molar-refractivity contribution in [2.24, 2.45) is 5.92 Å². The first-order valence-electron chi connectivity index (χ1n) is 4.59. The van der Waals surface area contributed by atoms with Crippen LogP contribution in [0.15, 0.2) is 0 Å². The Morgan fingerprint density at radius 3 is 2.92 bits per heavy atom. The molecule has 76 valence electrons. The quantitative estimate of drug-likeness (QED) is 0.700. The standard InChI is InChI=1S/C9H17NO2S/c1-6(2)4-8-10-7(5-13-8)9(11)12-3/h6-8,10H,4-5H2,1-3H3/t7-,8-/m0/s1. The van der Waals surface area contributed by atoms with E-state index in [1.54, 1.807) is 0 Å². The van der Waals surface area contributed by atoms with Crippen LogP contribution in [0.5, 0.6) is 0 Å². The van der Waals surface area contributed by atoms with Crippen LogP contribution in [0.1, 0.15) is 20.3 Å². The van der Waals surface area contributed by atoms with E-state index in [2.05, 4.69) is 23.9 Å². The van der Waals surface area contributed by atoms with Gasteiger partial charge in [0.1, 0.15) is 6.04 Å². The Balaban J connectivity index is 2.32. The molecule has 1 N–H and O–H groups in total. The van der Waals surface area contributed by atoms with Gasteiger partial charge in [-0.25, -0.2) is 0 Å². The first-order valence-corrected chi connectivity index (χ1v) is 5.64. The van der Waals surface area contributed by atoms with Gasteiger partial charge in [-0.05, 0) is 12.3 Å². The summed E-state index contributed by atoms with van der Waals surface area (Å²) >= 11 is 1.81. The molecule has 0 aliphatic carbocycles. The maximum atomic E-state index is 11.1. The number of carbonyl (C=O) groups excluding carboxylic acids is 1. The number of hydrogen-bond acceptors (Lipinski definition) is 4. The van der Waals surface area contributed by atoms with Gasteiger partial charge in [-0.15, -0.1) is 11.8 Å². The lowest BCUT2D eigenvalue weighted by Gasteiger charge is -2.13. The lowest BCUT2D eigenvalue weighted by atomic mass is 10.1. The van der Waals surface area contributed by atoms with Crippen molar-refractivity contribution in [1.29, 1.82) is 0 Å². The molecule has 3 nitrogen and oxygen atoms in total. The van der Waals surface area contributed by atoms with Gasteiger partial charge in [-0.3, -0.25) is 10.1 Å². The third-order valence-corrected chi connectivity index (χ3v) is 3.28. The molecule has 1 saturated heterocycles. The van der Waals surface area contributed by atoms with Crippen molar-refractivity contribution >= 4 is 17.7 Å². The highest BCUT2D eigenvalue weighted by Gasteiger charge is 2.30. The highest BCUT2D eigenvalue weighted by atomic mass is 32.2. The predicted octanol–water partition coefficient (Wildman–Crippen LogP) is 1.24. The molecule has 1 aliphatic rings. The molecule has 0 aromatic carbocycles. The molecular formula is C9H17NO2S. The van der Waals surface area contributed by atoms with Gasteiger partial charge in [0.15, 0.2) is 0 Å². The van der Waals surface area contributed by atoms with Crippen molar-refractivity contribution in [3.8, 4) is 0 Å². The molecule has 0 unspecified atom stereocenters. The maximum absolute atomic E-state index is 11.1. The smallest absolute Gasteiger partial charge is 0.323 e. The summed E-state index contributed by atoms with van der Waals surface area (Å²) in [5.74, 6) is 1.37. The molecule has 1 heterocycles. The number of esters is 1. The third kappa shape index (κ3) is 3.19. The van der Waals surface area contributed by atoms with Gasteiger partial charge in [0, 0.05) is 5.75 Å². The average Bonchev–Trinajstić information content (AvgIpc) is 2.50. The van der Waals surface area contributed by atoms with Gasteiger partial charge < -0.3 is 4.74 Å². The Morgan fingerprint density at radius 2 is 2.38 bits per heavy atom. The van der Waals surface area contributed by atoms with Crippen LogP contribution in [0.25, 0.3) is 0 Å². The molecule has 1 fully saturated rings. The number of thioether (sulfide) groups is 1. The van der Waals surface area contributed by atoms with E-state index in [0.29, 0.717) is 11.3 Å². The van der Waals surface area contributed by atoms with E-state index in [0.717, 1.165) is 12.2 Å². The minimum absolute atomic E-state index is 0.0984. The van der Waals surface area contributed by atoms with Gasteiger partial charge in [-0.1, -0.05) is 13.8 Å². The van der Waals surface area contributed by atoms with Crippen molar-refractivity contribution in [3.05, 3.63) is 0 Å². The SMILES string of the molecule is COC(=O)[C@@H]1CS[C@@H](CC(C)C)N1. The Bertz CT molecular complexity index is 184. The zero-order valence-electron chi connectivity index (χ0n) is 8.37. The summed E-state index contributed by atoms with van der Waals surface area (Å²) in [6.07, 6.45) is 1.11. The molecule has 0 spiro atoms. The van der Waals surface area contributed by atoms with Crippen LogP contribution < -0.4 is 5.32 Å². The Labute approximate surface area is 83.6 Å². The monoisotopic (exact) mass is 203 g/mol. The van der Waals surface area contributed by atoms with Crippen LogP contribution in [0, 0.1) is 5.92 Å². The second-order valence-corrected chi connectivity index (χ2v) is 4.93. The van der Waals surface area contributed by atoms with Crippen molar-refractivity contribution < 1.29 is 9.53 Å². The van der Waals surface area contributed by atoms with E-state index in [-0.39, 0.29) is 12.0 Å². The zero-order valence-corrected chi connectivity index (χ0v) is 9.19. The Kier molecular flexibility index (Phi) is 4.06. The minimum Gasteiger partial charge on any atom is -0.468 e. The first kappa shape index (κ1) is 10.9. The van der Waals surface area contributed by atoms with Crippen molar-refractivity contribution in [3.63, 3.8) is 0 Å². The molecule has 0 bridgehead atoms. The molecule has 0 aromatic rings. The Hall–Kier alpha value is -0.220. The van der Waals surface area contributed by atoms with Gasteiger partial charge in [0.25, 0.3) is 0 Å². The lowest BCUT2D eigenvalue weighted by molar-refractivity contribution is -0.142. The van der Waals surface area contributed by atoms with Crippen LogP contribution >= 0.6 is 11.8 Å². The van der Waals surface area contributed by atoms with Gasteiger partial charge in [0.05, 0.1) is 12.5 Å².